The largest absolute Gasteiger partial charge is 0.545 e. The summed E-state index contributed by atoms with van der Waals surface area (Å²) < 4.78 is 0. The number of carboxylic acid groups (broad SMARTS) is 2. The van der Waals surface area contributed by atoms with E-state index < -0.39 is 11.9 Å². The maximum atomic E-state index is 12.0. The zero-order valence-corrected chi connectivity index (χ0v) is 17.6. The number of hydrogen-bond acceptors (Lipinski definition) is 4. The third kappa shape index (κ3) is 4.13. The van der Waals surface area contributed by atoms with Crippen molar-refractivity contribution in [3.05, 3.63) is 82.9 Å². The van der Waals surface area contributed by atoms with Crippen LogP contribution >= 0.6 is 0 Å². The van der Waals surface area contributed by atoms with Crippen LogP contribution in [0, 0.1) is 0 Å². The summed E-state index contributed by atoms with van der Waals surface area (Å²) in [4.78, 5) is 24.0. The van der Waals surface area contributed by atoms with E-state index in [0.717, 1.165) is 11.1 Å². The van der Waals surface area contributed by atoms with Gasteiger partial charge in [0.25, 0.3) is 0 Å². The predicted molar refractivity (Wildman–Crippen MR) is 114 cm³/mol. The highest BCUT2D eigenvalue weighted by Crippen LogP contribution is 2.39. The Labute approximate surface area is 176 Å². The molecule has 3 rings (SSSR count). The average molecular weight is 400 g/mol. The van der Waals surface area contributed by atoms with Crippen LogP contribution in [-0.4, -0.2) is 11.9 Å². The summed E-state index contributed by atoms with van der Waals surface area (Å²) in [7, 11) is 0. The van der Waals surface area contributed by atoms with E-state index in [-0.39, 0.29) is 23.0 Å². The zero-order chi connectivity index (χ0) is 22.0. The van der Waals surface area contributed by atoms with Gasteiger partial charge in [-0.3, -0.25) is 0 Å². The van der Waals surface area contributed by atoms with Crippen molar-refractivity contribution in [1.82, 2.24) is 0 Å². The molecule has 0 saturated carbocycles. The Morgan fingerprint density at radius 3 is 1.30 bits per heavy atom. The maximum Gasteiger partial charge on any atom is 0.0721 e. The van der Waals surface area contributed by atoms with Crippen molar-refractivity contribution in [3.8, 4) is 22.3 Å². The Morgan fingerprint density at radius 1 is 0.633 bits per heavy atom. The molecule has 0 unspecified atom stereocenters. The van der Waals surface area contributed by atoms with Crippen molar-refractivity contribution < 1.29 is 19.8 Å². The van der Waals surface area contributed by atoms with Crippen LogP contribution in [0.1, 0.15) is 71.4 Å². The van der Waals surface area contributed by atoms with Crippen molar-refractivity contribution in [2.45, 2.75) is 39.5 Å². The second kappa shape index (κ2) is 8.54. The van der Waals surface area contributed by atoms with Crippen LogP contribution in [0.5, 0.6) is 0 Å². The number of carbonyl (C=O) groups is 2. The van der Waals surface area contributed by atoms with Gasteiger partial charge in [-0.05, 0) is 45.2 Å². The van der Waals surface area contributed by atoms with E-state index in [1.807, 2.05) is 64.1 Å². The van der Waals surface area contributed by atoms with Gasteiger partial charge in [-0.25, -0.2) is 0 Å². The molecule has 0 aliphatic carbocycles. The topological polar surface area (TPSA) is 80.3 Å². The van der Waals surface area contributed by atoms with Crippen molar-refractivity contribution in [3.63, 3.8) is 0 Å². The molecule has 0 bridgehead atoms. The molecule has 30 heavy (non-hydrogen) atoms. The second-order valence-corrected chi connectivity index (χ2v) is 8.05. The van der Waals surface area contributed by atoms with E-state index in [4.69, 9.17) is 0 Å². The molecule has 4 nitrogen and oxygen atoms in total. The molecule has 0 amide bonds. The number of hydrogen-bond donors (Lipinski definition) is 0. The van der Waals surface area contributed by atoms with Gasteiger partial charge >= 0.3 is 0 Å². The van der Waals surface area contributed by atoms with E-state index in [9.17, 15) is 19.8 Å². The molecule has 154 valence electrons. The zero-order valence-electron chi connectivity index (χ0n) is 17.6. The lowest BCUT2D eigenvalue weighted by atomic mass is 9.85. The van der Waals surface area contributed by atoms with Gasteiger partial charge in [0.05, 0.1) is 11.9 Å². The van der Waals surface area contributed by atoms with Crippen molar-refractivity contribution >= 4 is 11.9 Å². The molecule has 0 aliphatic heterocycles. The molecule has 0 fully saturated rings. The van der Waals surface area contributed by atoms with Gasteiger partial charge in [-0.1, -0.05) is 88.4 Å². The molecule has 0 saturated heterocycles. The van der Waals surface area contributed by atoms with Gasteiger partial charge in [0.2, 0.25) is 0 Å². The second-order valence-electron chi connectivity index (χ2n) is 8.05. The molecule has 0 aromatic heterocycles. The molecular weight excluding hydrogens is 376 g/mol. The standard InChI is InChI=1S/C26H26O4/c1-15(2)17-7-5-9-19(13-17)23-21(25(27)28)11-12-22(26(29)30)24(23)20-10-6-8-18(14-20)16(3)4/h5-16H,1-4H3,(H,27,28)(H,29,30)/p-2. The molecular formula is C26H24O4-2. The van der Waals surface area contributed by atoms with Crippen molar-refractivity contribution in [2.75, 3.05) is 0 Å². The minimum absolute atomic E-state index is 0.0501. The van der Waals surface area contributed by atoms with E-state index >= 15 is 0 Å². The van der Waals surface area contributed by atoms with Gasteiger partial charge in [-0.2, -0.15) is 0 Å². The number of aromatic carboxylic acids is 2. The van der Waals surface area contributed by atoms with E-state index in [0.29, 0.717) is 22.3 Å². The lowest BCUT2D eigenvalue weighted by Gasteiger charge is -2.22. The fraction of sp³-hybridized carbons (Fsp3) is 0.231. The predicted octanol–water partition coefficient (Wildman–Crippen LogP) is 3.99. The van der Waals surface area contributed by atoms with Crippen molar-refractivity contribution in [1.29, 1.82) is 0 Å². The minimum atomic E-state index is -1.36. The first-order valence-electron chi connectivity index (χ1n) is 10.0. The first-order chi connectivity index (χ1) is 14.2. The SMILES string of the molecule is CC(C)c1cccc(-c2c(C(=O)[O-])ccc(C(=O)[O-])c2-c2cccc(C(C)C)c2)c1. The molecule has 4 heteroatoms. The Balaban J connectivity index is 2.44. The summed E-state index contributed by atoms with van der Waals surface area (Å²) in [6.45, 7) is 8.18. The van der Waals surface area contributed by atoms with Crippen LogP contribution in [0.4, 0.5) is 0 Å². The van der Waals surface area contributed by atoms with Gasteiger partial charge < -0.3 is 19.8 Å². The fourth-order valence-corrected chi connectivity index (χ4v) is 3.65. The van der Waals surface area contributed by atoms with Gasteiger partial charge in [0.1, 0.15) is 0 Å². The number of benzene rings is 3. The molecule has 0 aliphatic rings. The van der Waals surface area contributed by atoms with Crippen LogP contribution in [-0.2, 0) is 0 Å². The van der Waals surface area contributed by atoms with Gasteiger partial charge in [0.15, 0.2) is 0 Å². The van der Waals surface area contributed by atoms with Crippen LogP contribution in [0.25, 0.3) is 22.3 Å². The summed E-state index contributed by atoms with van der Waals surface area (Å²) in [6.07, 6.45) is 0. The highest BCUT2D eigenvalue weighted by atomic mass is 16.4. The molecule has 0 N–H and O–H groups in total. The molecule has 0 radical (unpaired) electrons. The summed E-state index contributed by atoms with van der Waals surface area (Å²) in [5.41, 5.74) is 3.88. The Bertz CT molecular complexity index is 1020. The van der Waals surface area contributed by atoms with Crippen molar-refractivity contribution in [2.24, 2.45) is 0 Å². The molecule has 0 spiro atoms. The van der Waals surface area contributed by atoms with E-state index in [1.54, 1.807) is 12.1 Å². The first kappa shape index (κ1) is 21.3. The molecule has 3 aromatic rings. The number of carboxylic acids is 2. The quantitative estimate of drug-likeness (QED) is 0.626. The average Bonchev–Trinajstić information content (AvgIpc) is 2.72. The smallest absolute Gasteiger partial charge is 0.0721 e. The lowest BCUT2D eigenvalue weighted by Crippen LogP contribution is -2.26. The monoisotopic (exact) mass is 400 g/mol. The Morgan fingerprint density at radius 2 is 1.00 bits per heavy atom. The normalized spacial score (nSPS) is 11.1. The highest BCUT2D eigenvalue weighted by Gasteiger charge is 2.19. The number of rotatable bonds is 6. The van der Waals surface area contributed by atoms with E-state index in [1.165, 1.54) is 12.1 Å². The lowest BCUT2D eigenvalue weighted by molar-refractivity contribution is -0.256. The minimum Gasteiger partial charge on any atom is -0.545 e. The van der Waals surface area contributed by atoms with Crippen LogP contribution in [0.2, 0.25) is 0 Å². The van der Waals surface area contributed by atoms with Gasteiger partial charge in [-0.15, -0.1) is 0 Å². The number of carbonyl (C=O) groups excluding carboxylic acids is 2. The fourth-order valence-electron chi connectivity index (χ4n) is 3.65. The molecule has 0 atom stereocenters. The van der Waals surface area contributed by atoms with Crippen LogP contribution in [0.3, 0.4) is 0 Å². The summed E-state index contributed by atoms with van der Waals surface area (Å²) >= 11 is 0. The molecule has 0 heterocycles. The summed E-state index contributed by atoms with van der Waals surface area (Å²) in [5, 5.41) is 24.0. The summed E-state index contributed by atoms with van der Waals surface area (Å²) in [5.74, 6) is -2.25. The Hall–Kier alpha value is -3.40. The van der Waals surface area contributed by atoms with Crippen LogP contribution in [0.15, 0.2) is 60.7 Å². The van der Waals surface area contributed by atoms with Gasteiger partial charge in [0, 0.05) is 11.1 Å². The third-order valence-corrected chi connectivity index (χ3v) is 5.33. The highest BCUT2D eigenvalue weighted by molar-refractivity contribution is 6.07. The van der Waals surface area contributed by atoms with Crippen LogP contribution < -0.4 is 10.2 Å². The Kier molecular flexibility index (Phi) is 6.06. The maximum absolute atomic E-state index is 12.0. The third-order valence-electron chi connectivity index (χ3n) is 5.33. The first-order valence-corrected chi connectivity index (χ1v) is 10.0. The van der Waals surface area contributed by atoms with E-state index in [2.05, 4.69) is 0 Å². The molecule has 3 aromatic carbocycles. The summed E-state index contributed by atoms with van der Waals surface area (Å²) in [6, 6.07) is 17.6.